The second-order valence-electron chi connectivity index (χ2n) is 4.86. The number of carbonyl (C=O) groups is 1. The molecule has 1 rings (SSSR count). The molecule has 94 valence electrons. The molecular formula is C12H24N2O2. The highest BCUT2D eigenvalue weighted by Gasteiger charge is 2.30. The van der Waals surface area contributed by atoms with Crippen molar-refractivity contribution < 1.29 is 9.53 Å². The normalized spacial score (nSPS) is 20.1. The lowest BCUT2D eigenvalue weighted by Crippen LogP contribution is -2.56. The van der Waals surface area contributed by atoms with Gasteiger partial charge >= 0.3 is 0 Å². The molecule has 0 aromatic carbocycles. The number of primary amides is 1. The molecule has 0 heterocycles. The van der Waals surface area contributed by atoms with Gasteiger partial charge < -0.3 is 15.8 Å². The second-order valence-corrected chi connectivity index (χ2v) is 4.86. The molecule has 1 atom stereocenters. The minimum Gasteiger partial charge on any atom is -0.379 e. The van der Waals surface area contributed by atoms with Crippen LogP contribution in [-0.2, 0) is 9.53 Å². The number of nitrogens with one attached hydrogen (secondary N) is 1. The lowest BCUT2D eigenvalue weighted by Gasteiger charge is -2.28. The average Bonchev–Trinajstić information content (AvgIpc) is 2.14. The van der Waals surface area contributed by atoms with Gasteiger partial charge in [0.2, 0.25) is 5.91 Å². The maximum absolute atomic E-state index is 11.3. The van der Waals surface area contributed by atoms with Crippen LogP contribution in [0.3, 0.4) is 0 Å². The van der Waals surface area contributed by atoms with Gasteiger partial charge in [-0.25, -0.2) is 0 Å². The van der Waals surface area contributed by atoms with E-state index in [1.807, 2.05) is 6.92 Å². The summed E-state index contributed by atoms with van der Waals surface area (Å²) in [5.74, 6) is 0.497. The molecule has 1 saturated carbocycles. The third-order valence-corrected chi connectivity index (χ3v) is 3.40. The SMILES string of the molecule is CCNC(C)(COCCC1CCC1)C(N)=O. The van der Waals surface area contributed by atoms with E-state index in [1.165, 1.54) is 19.3 Å². The van der Waals surface area contributed by atoms with Crippen molar-refractivity contribution in [1.82, 2.24) is 5.32 Å². The maximum Gasteiger partial charge on any atom is 0.239 e. The molecule has 1 fully saturated rings. The van der Waals surface area contributed by atoms with Gasteiger partial charge in [0.15, 0.2) is 0 Å². The molecule has 16 heavy (non-hydrogen) atoms. The van der Waals surface area contributed by atoms with Gasteiger partial charge in [-0.3, -0.25) is 4.79 Å². The van der Waals surface area contributed by atoms with Crippen LogP contribution in [0.4, 0.5) is 0 Å². The highest BCUT2D eigenvalue weighted by molar-refractivity contribution is 5.84. The zero-order valence-electron chi connectivity index (χ0n) is 10.4. The largest absolute Gasteiger partial charge is 0.379 e. The summed E-state index contributed by atoms with van der Waals surface area (Å²) in [6, 6.07) is 0. The smallest absolute Gasteiger partial charge is 0.239 e. The molecule has 4 heteroatoms. The van der Waals surface area contributed by atoms with Crippen molar-refractivity contribution in [2.24, 2.45) is 11.7 Å². The summed E-state index contributed by atoms with van der Waals surface area (Å²) in [5.41, 5.74) is 4.63. The summed E-state index contributed by atoms with van der Waals surface area (Å²) in [6.45, 7) is 5.56. The molecule has 0 aromatic rings. The van der Waals surface area contributed by atoms with Crippen LogP contribution in [0.5, 0.6) is 0 Å². The van der Waals surface area contributed by atoms with Crippen molar-refractivity contribution in [3.63, 3.8) is 0 Å². The molecule has 1 aliphatic carbocycles. The minimum absolute atomic E-state index is 0.349. The van der Waals surface area contributed by atoms with Crippen molar-refractivity contribution in [1.29, 1.82) is 0 Å². The molecule has 4 nitrogen and oxygen atoms in total. The summed E-state index contributed by atoms with van der Waals surface area (Å²) in [4.78, 5) is 11.3. The zero-order valence-corrected chi connectivity index (χ0v) is 10.4. The van der Waals surface area contributed by atoms with E-state index in [2.05, 4.69) is 5.32 Å². The van der Waals surface area contributed by atoms with Crippen molar-refractivity contribution in [2.75, 3.05) is 19.8 Å². The van der Waals surface area contributed by atoms with Crippen LogP contribution < -0.4 is 11.1 Å². The van der Waals surface area contributed by atoms with Crippen molar-refractivity contribution in [3.05, 3.63) is 0 Å². The number of hydrogen-bond acceptors (Lipinski definition) is 3. The van der Waals surface area contributed by atoms with Gasteiger partial charge in [0, 0.05) is 6.61 Å². The van der Waals surface area contributed by atoms with E-state index in [4.69, 9.17) is 10.5 Å². The van der Waals surface area contributed by atoms with Gasteiger partial charge in [0.05, 0.1) is 6.61 Å². The number of amides is 1. The first-order chi connectivity index (χ1) is 7.58. The number of likely N-dealkylation sites (N-methyl/N-ethyl adjacent to an activating group) is 1. The molecule has 0 radical (unpaired) electrons. The van der Waals surface area contributed by atoms with Crippen LogP contribution in [0.25, 0.3) is 0 Å². The predicted octanol–water partition coefficient (Wildman–Crippen LogP) is 1.05. The Morgan fingerprint density at radius 2 is 2.25 bits per heavy atom. The lowest BCUT2D eigenvalue weighted by atomic mass is 9.83. The highest BCUT2D eigenvalue weighted by Crippen LogP contribution is 2.29. The summed E-state index contributed by atoms with van der Waals surface area (Å²) in [7, 11) is 0. The molecule has 3 N–H and O–H groups in total. The number of carbonyl (C=O) groups excluding carboxylic acids is 1. The molecule has 1 aliphatic rings. The molecular weight excluding hydrogens is 204 g/mol. The number of ether oxygens (including phenoxy) is 1. The van der Waals surface area contributed by atoms with Crippen LogP contribution in [0.15, 0.2) is 0 Å². The molecule has 0 saturated heterocycles. The third-order valence-electron chi connectivity index (χ3n) is 3.40. The van der Waals surface area contributed by atoms with E-state index >= 15 is 0 Å². The van der Waals surface area contributed by atoms with E-state index in [-0.39, 0.29) is 5.91 Å². The Morgan fingerprint density at radius 3 is 2.69 bits per heavy atom. The predicted molar refractivity (Wildman–Crippen MR) is 64.1 cm³/mol. The van der Waals surface area contributed by atoms with Crippen LogP contribution in [0, 0.1) is 5.92 Å². The van der Waals surface area contributed by atoms with Crippen LogP contribution in [0.1, 0.15) is 39.5 Å². The van der Waals surface area contributed by atoms with Crippen LogP contribution in [0.2, 0.25) is 0 Å². The standard InChI is InChI=1S/C12H24N2O2/c1-3-14-12(2,11(13)15)9-16-8-7-10-5-4-6-10/h10,14H,3-9H2,1-2H3,(H2,13,15). The van der Waals surface area contributed by atoms with E-state index < -0.39 is 5.54 Å². The third kappa shape index (κ3) is 3.76. The summed E-state index contributed by atoms with van der Waals surface area (Å²) in [5, 5.41) is 3.07. The Balaban J connectivity index is 2.18. The molecule has 0 aromatic heterocycles. The maximum atomic E-state index is 11.3. The fourth-order valence-electron chi connectivity index (χ4n) is 1.91. The number of rotatable bonds is 8. The van der Waals surface area contributed by atoms with E-state index in [1.54, 1.807) is 6.92 Å². The minimum atomic E-state index is -0.728. The Morgan fingerprint density at radius 1 is 1.56 bits per heavy atom. The van der Waals surface area contributed by atoms with E-state index in [0.29, 0.717) is 13.2 Å². The summed E-state index contributed by atoms with van der Waals surface area (Å²) >= 11 is 0. The Labute approximate surface area is 97.9 Å². The van der Waals surface area contributed by atoms with Gasteiger partial charge in [-0.2, -0.15) is 0 Å². The Kier molecular flexibility index (Phi) is 5.22. The van der Waals surface area contributed by atoms with Gasteiger partial charge in [0.1, 0.15) is 5.54 Å². The molecule has 0 spiro atoms. The van der Waals surface area contributed by atoms with Crippen molar-refractivity contribution in [2.45, 2.75) is 45.1 Å². The molecule has 1 unspecified atom stereocenters. The zero-order chi connectivity index (χ0) is 12.0. The fraction of sp³-hybridized carbons (Fsp3) is 0.917. The van der Waals surface area contributed by atoms with Crippen molar-refractivity contribution >= 4 is 5.91 Å². The summed E-state index contributed by atoms with van der Waals surface area (Å²) in [6.07, 6.45) is 5.15. The first-order valence-corrected chi connectivity index (χ1v) is 6.21. The van der Waals surface area contributed by atoms with E-state index in [9.17, 15) is 4.79 Å². The first-order valence-electron chi connectivity index (χ1n) is 6.21. The summed E-state index contributed by atoms with van der Waals surface area (Å²) < 4.78 is 5.56. The Bertz CT molecular complexity index is 229. The van der Waals surface area contributed by atoms with Gasteiger partial charge in [-0.1, -0.05) is 26.2 Å². The molecule has 0 bridgehead atoms. The topological polar surface area (TPSA) is 64.3 Å². The Hall–Kier alpha value is -0.610. The highest BCUT2D eigenvalue weighted by atomic mass is 16.5. The number of nitrogens with two attached hydrogens (primary N) is 1. The average molecular weight is 228 g/mol. The van der Waals surface area contributed by atoms with E-state index in [0.717, 1.165) is 18.9 Å². The number of hydrogen-bond donors (Lipinski definition) is 2. The molecule has 1 amide bonds. The van der Waals surface area contributed by atoms with Gasteiger partial charge in [-0.05, 0) is 25.8 Å². The first kappa shape index (κ1) is 13.5. The monoisotopic (exact) mass is 228 g/mol. The quantitative estimate of drug-likeness (QED) is 0.610. The molecule has 0 aliphatic heterocycles. The second kappa shape index (κ2) is 6.21. The van der Waals surface area contributed by atoms with Crippen LogP contribution >= 0.6 is 0 Å². The lowest BCUT2D eigenvalue weighted by molar-refractivity contribution is -0.126. The van der Waals surface area contributed by atoms with Gasteiger partial charge in [-0.15, -0.1) is 0 Å². The fourth-order valence-corrected chi connectivity index (χ4v) is 1.91. The van der Waals surface area contributed by atoms with Gasteiger partial charge in [0.25, 0.3) is 0 Å². The van der Waals surface area contributed by atoms with Crippen LogP contribution in [-0.4, -0.2) is 31.2 Å². The van der Waals surface area contributed by atoms with Crippen molar-refractivity contribution in [3.8, 4) is 0 Å².